The summed E-state index contributed by atoms with van der Waals surface area (Å²) >= 11 is 1.85. The largest absolute Gasteiger partial charge is 0.312 e. The fraction of sp³-hybridized carbons (Fsp3) is 0.167. The van der Waals surface area contributed by atoms with Gasteiger partial charge in [-0.3, -0.25) is 4.98 Å². The molecule has 1 atom stereocenters. The van der Waals surface area contributed by atoms with Crippen LogP contribution in [0.3, 0.4) is 0 Å². The molecule has 106 valence electrons. The smallest absolute Gasteiger partial charge is 0.0413 e. The molecule has 0 spiro atoms. The van der Waals surface area contributed by atoms with Gasteiger partial charge in [-0.15, -0.1) is 11.8 Å². The molecule has 0 amide bonds. The lowest BCUT2D eigenvalue weighted by Gasteiger charge is -2.17. The van der Waals surface area contributed by atoms with E-state index in [-0.39, 0.29) is 0 Å². The van der Waals surface area contributed by atoms with Crippen LogP contribution < -0.4 is 5.32 Å². The lowest BCUT2D eigenvalue weighted by molar-refractivity contribution is 0.662. The van der Waals surface area contributed by atoms with Crippen molar-refractivity contribution in [3.63, 3.8) is 0 Å². The van der Waals surface area contributed by atoms with Crippen molar-refractivity contribution >= 4 is 22.5 Å². The van der Waals surface area contributed by atoms with Gasteiger partial charge in [0.05, 0.1) is 0 Å². The van der Waals surface area contributed by atoms with Gasteiger partial charge >= 0.3 is 0 Å². The third-order valence-corrected chi connectivity index (χ3v) is 4.70. The van der Waals surface area contributed by atoms with Crippen molar-refractivity contribution < 1.29 is 0 Å². The van der Waals surface area contributed by atoms with Gasteiger partial charge in [0.15, 0.2) is 0 Å². The van der Waals surface area contributed by atoms with E-state index in [1.165, 1.54) is 21.2 Å². The molecular formula is C18H18N2S. The van der Waals surface area contributed by atoms with E-state index in [4.69, 9.17) is 0 Å². The molecule has 1 aromatic heterocycles. The Bertz CT molecular complexity index is 712. The minimum absolute atomic E-state index is 0.341. The van der Waals surface area contributed by atoms with Gasteiger partial charge in [0.2, 0.25) is 0 Å². The molecule has 0 bridgehead atoms. The first-order valence-electron chi connectivity index (χ1n) is 7.05. The zero-order chi connectivity index (χ0) is 14.5. The molecule has 1 heterocycles. The number of hydrogen-bond acceptors (Lipinski definition) is 3. The van der Waals surface area contributed by atoms with E-state index >= 15 is 0 Å². The van der Waals surface area contributed by atoms with Crippen LogP contribution in [0.25, 0.3) is 10.8 Å². The van der Waals surface area contributed by atoms with Crippen molar-refractivity contribution in [1.29, 1.82) is 0 Å². The molecule has 0 radical (unpaired) electrons. The van der Waals surface area contributed by atoms with Gasteiger partial charge in [-0.2, -0.15) is 0 Å². The van der Waals surface area contributed by atoms with Crippen molar-refractivity contribution in [1.82, 2.24) is 10.3 Å². The SMILES string of the molecule is CNC(CSc1ccncc1)c1ccc2ccccc2c1. The molecule has 0 aliphatic rings. The Morgan fingerprint density at radius 3 is 2.52 bits per heavy atom. The first-order chi connectivity index (χ1) is 10.4. The quantitative estimate of drug-likeness (QED) is 0.711. The Hall–Kier alpha value is -1.84. The topological polar surface area (TPSA) is 24.9 Å². The Morgan fingerprint density at radius 2 is 1.76 bits per heavy atom. The normalized spacial score (nSPS) is 12.4. The van der Waals surface area contributed by atoms with Gasteiger partial charge in [0, 0.05) is 29.1 Å². The van der Waals surface area contributed by atoms with Crippen LogP contribution in [0.5, 0.6) is 0 Å². The predicted molar refractivity (Wildman–Crippen MR) is 90.7 cm³/mol. The summed E-state index contributed by atoms with van der Waals surface area (Å²) in [6.07, 6.45) is 3.68. The fourth-order valence-electron chi connectivity index (χ4n) is 2.38. The van der Waals surface area contributed by atoms with Crippen molar-refractivity contribution in [3.8, 4) is 0 Å². The highest BCUT2D eigenvalue weighted by molar-refractivity contribution is 7.99. The zero-order valence-electron chi connectivity index (χ0n) is 12.0. The molecule has 0 aliphatic heterocycles. The highest BCUT2D eigenvalue weighted by Crippen LogP contribution is 2.26. The summed E-state index contributed by atoms with van der Waals surface area (Å²) in [5, 5.41) is 6.00. The Morgan fingerprint density at radius 1 is 1.00 bits per heavy atom. The van der Waals surface area contributed by atoms with Gasteiger partial charge in [-0.1, -0.05) is 36.4 Å². The fourth-order valence-corrected chi connectivity index (χ4v) is 3.42. The third kappa shape index (κ3) is 3.43. The van der Waals surface area contributed by atoms with Crippen molar-refractivity contribution in [2.24, 2.45) is 0 Å². The number of nitrogens with zero attached hydrogens (tertiary/aromatic N) is 1. The molecule has 1 unspecified atom stereocenters. The number of aromatic nitrogens is 1. The first-order valence-corrected chi connectivity index (χ1v) is 8.04. The summed E-state index contributed by atoms with van der Waals surface area (Å²) < 4.78 is 0. The maximum atomic E-state index is 4.06. The van der Waals surface area contributed by atoms with Crippen LogP contribution in [0, 0.1) is 0 Å². The summed E-state index contributed by atoms with van der Waals surface area (Å²) in [6, 6.07) is 19.6. The Kier molecular flexibility index (Phi) is 4.53. The van der Waals surface area contributed by atoms with Crippen LogP contribution in [-0.2, 0) is 0 Å². The Balaban J connectivity index is 1.78. The summed E-state index contributed by atoms with van der Waals surface area (Å²) in [7, 11) is 2.02. The van der Waals surface area contributed by atoms with E-state index in [1.54, 1.807) is 0 Å². The monoisotopic (exact) mass is 294 g/mol. The van der Waals surface area contributed by atoms with Crippen LogP contribution in [0.1, 0.15) is 11.6 Å². The molecule has 3 rings (SSSR count). The molecule has 3 heteroatoms. The number of rotatable bonds is 5. The van der Waals surface area contributed by atoms with Crippen LogP contribution in [0.4, 0.5) is 0 Å². The summed E-state index contributed by atoms with van der Waals surface area (Å²) in [5.74, 6) is 0.999. The maximum absolute atomic E-state index is 4.06. The number of hydrogen-bond donors (Lipinski definition) is 1. The second kappa shape index (κ2) is 6.74. The average molecular weight is 294 g/mol. The van der Waals surface area contributed by atoms with Gasteiger partial charge in [0.1, 0.15) is 0 Å². The average Bonchev–Trinajstić information content (AvgIpc) is 2.56. The van der Waals surface area contributed by atoms with Gasteiger partial charge < -0.3 is 5.32 Å². The molecule has 1 N–H and O–H groups in total. The minimum atomic E-state index is 0.341. The van der Waals surface area contributed by atoms with Crippen molar-refractivity contribution in [2.75, 3.05) is 12.8 Å². The number of fused-ring (bicyclic) bond motifs is 1. The van der Waals surface area contributed by atoms with Crippen LogP contribution in [0.2, 0.25) is 0 Å². The maximum Gasteiger partial charge on any atom is 0.0413 e. The highest BCUT2D eigenvalue weighted by Gasteiger charge is 2.10. The number of benzene rings is 2. The van der Waals surface area contributed by atoms with E-state index in [9.17, 15) is 0 Å². The lowest BCUT2D eigenvalue weighted by atomic mass is 10.0. The molecule has 0 aliphatic carbocycles. The number of pyridine rings is 1. The summed E-state index contributed by atoms with van der Waals surface area (Å²) in [4.78, 5) is 5.31. The molecule has 3 aromatic rings. The van der Waals surface area contributed by atoms with Crippen molar-refractivity contribution in [2.45, 2.75) is 10.9 Å². The summed E-state index contributed by atoms with van der Waals surface area (Å²) in [6.45, 7) is 0. The first kappa shape index (κ1) is 14.1. The second-order valence-corrected chi connectivity index (χ2v) is 6.04. The molecule has 0 fully saturated rings. The van der Waals surface area contributed by atoms with Gasteiger partial charge in [-0.25, -0.2) is 0 Å². The van der Waals surface area contributed by atoms with E-state index in [1.807, 2.05) is 31.2 Å². The molecule has 2 aromatic carbocycles. The van der Waals surface area contributed by atoms with Gasteiger partial charge in [-0.05, 0) is 41.6 Å². The Labute approximate surface area is 129 Å². The van der Waals surface area contributed by atoms with E-state index < -0.39 is 0 Å². The van der Waals surface area contributed by atoms with E-state index in [0.717, 1.165) is 5.75 Å². The summed E-state index contributed by atoms with van der Waals surface area (Å²) in [5.41, 5.74) is 1.33. The minimum Gasteiger partial charge on any atom is -0.312 e. The van der Waals surface area contributed by atoms with Crippen LogP contribution in [0.15, 0.2) is 71.9 Å². The number of nitrogens with one attached hydrogen (secondary N) is 1. The van der Waals surface area contributed by atoms with E-state index in [2.05, 4.69) is 64.9 Å². The molecule has 0 saturated carbocycles. The number of thioether (sulfide) groups is 1. The van der Waals surface area contributed by atoms with Crippen LogP contribution >= 0.6 is 11.8 Å². The molecule has 21 heavy (non-hydrogen) atoms. The predicted octanol–water partition coefficient (Wildman–Crippen LogP) is 4.29. The van der Waals surface area contributed by atoms with Crippen LogP contribution in [-0.4, -0.2) is 17.8 Å². The van der Waals surface area contributed by atoms with Crippen molar-refractivity contribution in [3.05, 3.63) is 72.6 Å². The standard InChI is InChI=1S/C18H18N2S/c1-19-18(13-21-17-8-10-20-11-9-17)16-7-6-14-4-2-3-5-15(14)12-16/h2-12,18-19H,13H2,1H3. The van der Waals surface area contributed by atoms with Gasteiger partial charge in [0.25, 0.3) is 0 Å². The van der Waals surface area contributed by atoms with E-state index in [0.29, 0.717) is 6.04 Å². The zero-order valence-corrected chi connectivity index (χ0v) is 12.8. The molecule has 2 nitrogen and oxygen atoms in total. The second-order valence-electron chi connectivity index (χ2n) is 4.94. The lowest BCUT2D eigenvalue weighted by Crippen LogP contribution is -2.18. The molecule has 0 saturated heterocycles. The highest BCUT2D eigenvalue weighted by atomic mass is 32.2. The third-order valence-electron chi connectivity index (χ3n) is 3.59. The molecular weight excluding hydrogens is 276 g/mol.